The van der Waals surface area contributed by atoms with Crippen LogP contribution in [-0.2, 0) is 13.1 Å². The number of aromatic nitrogens is 3. The van der Waals surface area contributed by atoms with Gasteiger partial charge in [0.15, 0.2) is 0 Å². The molecule has 0 aliphatic heterocycles. The minimum absolute atomic E-state index is 0.609. The molecule has 0 radical (unpaired) electrons. The summed E-state index contributed by atoms with van der Waals surface area (Å²) in [5.41, 5.74) is 4.63. The fourth-order valence-corrected chi connectivity index (χ4v) is 4.05. The minimum Gasteiger partial charge on any atom is -0.310 e. The van der Waals surface area contributed by atoms with E-state index >= 15 is 0 Å². The second kappa shape index (κ2) is 8.49. The van der Waals surface area contributed by atoms with Crippen LogP contribution in [-0.4, -0.2) is 20.8 Å². The Kier molecular flexibility index (Phi) is 5.64. The molecule has 2 unspecified atom stereocenters. The Morgan fingerprint density at radius 1 is 1.07 bits per heavy atom. The van der Waals surface area contributed by atoms with Gasteiger partial charge >= 0.3 is 0 Å². The average molecular weight is 361 g/mol. The van der Waals surface area contributed by atoms with Gasteiger partial charge in [0.1, 0.15) is 0 Å². The van der Waals surface area contributed by atoms with Crippen molar-refractivity contribution in [2.75, 3.05) is 0 Å². The first-order valence-corrected chi connectivity index (χ1v) is 10.0. The maximum atomic E-state index is 4.90. The number of benzene rings is 1. The predicted octanol–water partition coefficient (Wildman–Crippen LogP) is 4.66. The molecule has 1 aliphatic carbocycles. The van der Waals surface area contributed by atoms with Crippen molar-refractivity contribution in [2.24, 2.45) is 5.92 Å². The summed E-state index contributed by atoms with van der Waals surface area (Å²) in [6, 6.07) is 15.2. The van der Waals surface area contributed by atoms with Gasteiger partial charge in [-0.25, -0.2) is 0 Å². The van der Waals surface area contributed by atoms with E-state index in [4.69, 9.17) is 5.10 Å². The summed E-state index contributed by atoms with van der Waals surface area (Å²) in [6.07, 6.45) is 11.2. The molecule has 2 heterocycles. The fourth-order valence-electron chi connectivity index (χ4n) is 4.05. The minimum atomic E-state index is 0.609. The lowest BCUT2D eigenvalue weighted by atomic mass is 9.86. The maximum absolute atomic E-state index is 4.90. The molecule has 4 nitrogen and oxygen atoms in total. The molecule has 3 aromatic rings. The Morgan fingerprint density at radius 3 is 2.70 bits per heavy atom. The van der Waals surface area contributed by atoms with Crippen LogP contribution in [0.1, 0.15) is 43.7 Å². The molecule has 4 rings (SSSR count). The summed E-state index contributed by atoms with van der Waals surface area (Å²) < 4.78 is 2.05. The van der Waals surface area contributed by atoms with Gasteiger partial charge in [0.2, 0.25) is 0 Å². The van der Waals surface area contributed by atoms with Gasteiger partial charge in [-0.15, -0.1) is 0 Å². The van der Waals surface area contributed by atoms with Crippen LogP contribution in [0.3, 0.4) is 0 Å². The van der Waals surface area contributed by atoms with Crippen molar-refractivity contribution in [3.8, 4) is 11.3 Å². The summed E-state index contributed by atoms with van der Waals surface area (Å²) in [5.74, 6) is 0.750. The van der Waals surface area contributed by atoms with E-state index in [1.807, 2.05) is 24.5 Å². The van der Waals surface area contributed by atoms with Crippen molar-refractivity contribution in [1.82, 2.24) is 20.1 Å². The molecule has 1 aliphatic rings. The zero-order chi connectivity index (χ0) is 18.5. The Balaban J connectivity index is 1.56. The van der Waals surface area contributed by atoms with Crippen LogP contribution in [0, 0.1) is 5.92 Å². The van der Waals surface area contributed by atoms with Gasteiger partial charge in [-0.3, -0.25) is 9.67 Å². The van der Waals surface area contributed by atoms with E-state index < -0.39 is 0 Å². The van der Waals surface area contributed by atoms with E-state index in [9.17, 15) is 0 Å². The van der Waals surface area contributed by atoms with E-state index in [0.717, 1.165) is 30.3 Å². The van der Waals surface area contributed by atoms with Crippen LogP contribution in [0.4, 0.5) is 0 Å². The van der Waals surface area contributed by atoms with Gasteiger partial charge in [-0.05, 0) is 36.5 Å². The van der Waals surface area contributed by atoms with E-state index in [1.54, 1.807) is 0 Å². The van der Waals surface area contributed by atoms with Crippen molar-refractivity contribution in [3.05, 3.63) is 72.2 Å². The van der Waals surface area contributed by atoms with E-state index in [-0.39, 0.29) is 0 Å². The van der Waals surface area contributed by atoms with Gasteiger partial charge in [-0.2, -0.15) is 5.10 Å². The Hall–Kier alpha value is -2.46. The Labute approximate surface area is 161 Å². The molecule has 1 N–H and O–H groups in total. The first-order chi connectivity index (χ1) is 13.3. The summed E-state index contributed by atoms with van der Waals surface area (Å²) >= 11 is 0. The van der Waals surface area contributed by atoms with E-state index in [2.05, 4.69) is 58.4 Å². The molecular weight excluding hydrogens is 332 g/mol. The topological polar surface area (TPSA) is 42.7 Å². The van der Waals surface area contributed by atoms with Crippen molar-refractivity contribution in [1.29, 1.82) is 0 Å². The van der Waals surface area contributed by atoms with Crippen LogP contribution in [0.2, 0.25) is 0 Å². The number of nitrogens with one attached hydrogen (secondary N) is 1. The second-order valence-electron chi connectivity index (χ2n) is 7.68. The highest BCUT2D eigenvalue weighted by Gasteiger charge is 2.21. The molecule has 1 aromatic carbocycles. The highest BCUT2D eigenvalue weighted by Crippen LogP contribution is 2.26. The van der Waals surface area contributed by atoms with E-state index in [0.29, 0.717) is 6.04 Å². The monoisotopic (exact) mass is 360 g/mol. The van der Waals surface area contributed by atoms with Gasteiger partial charge in [-0.1, -0.05) is 50.1 Å². The maximum Gasteiger partial charge on any atom is 0.0983 e. The average Bonchev–Trinajstić information content (AvgIpc) is 3.11. The number of hydrogen-bond donors (Lipinski definition) is 1. The first-order valence-electron chi connectivity index (χ1n) is 10.0. The highest BCUT2D eigenvalue weighted by atomic mass is 15.3. The lowest BCUT2D eigenvalue weighted by molar-refractivity contribution is 0.279. The molecule has 0 amide bonds. The van der Waals surface area contributed by atoms with Crippen molar-refractivity contribution >= 4 is 0 Å². The lowest BCUT2D eigenvalue weighted by Crippen LogP contribution is -2.36. The lowest BCUT2D eigenvalue weighted by Gasteiger charge is -2.29. The van der Waals surface area contributed by atoms with E-state index in [1.165, 1.54) is 36.8 Å². The van der Waals surface area contributed by atoms with Crippen molar-refractivity contribution in [3.63, 3.8) is 0 Å². The van der Waals surface area contributed by atoms with Crippen LogP contribution >= 0.6 is 0 Å². The smallest absolute Gasteiger partial charge is 0.0983 e. The molecule has 0 bridgehead atoms. The SMILES string of the molecule is CC1CCCCC1NCc1cn(Cc2ccccc2)nc1-c1cccnc1. The number of hydrogen-bond acceptors (Lipinski definition) is 3. The first kappa shape index (κ1) is 17.9. The second-order valence-corrected chi connectivity index (χ2v) is 7.68. The van der Waals surface area contributed by atoms with Crippen molar-refractivity contribution in [2.45, 2.75) is 51.7 Å². The molecule has 0 spiro atoms. The summed E-state index contributed by atoms with van der Waals surface area (Å²) in [7, 11) is 0. The Morgan fingerprint density at radius 2 is 1.93 bits per heavy atom. The molecule has 1 saturated carbocycles. The molecule has 2 aromatic heterocycles. The third-order valence-corrected chi connectivity index (χ3v) is 5.63. The molecule has 27 heavy (non-hydrogen) atoms. The number of pyridine rings is 1. The largest absolute Gasteiger partial charge is 0.310 e. The van der Waals surface area contributed by atoms with Crippen molar-refractivity contribution < 1.29 is 0 Å². The van der Waals surface area contributed by atoms with Gasteiger partial charge in [0, 0.05) is 42.3 Å². The summed E-state index contributed by atoms with van der Waals surface area (Å²) in [5, 5.41) is 8.70. The summed E-state index contributed by atoms with van der Waals surface area (Å²) in [4.78, 5) is 4.29. The molecular formula is C23H28N4. The third kappa shape index (κ3) is 4.45. The molecule has 140 valence electrons. The normalized spacial score (nSPS) is 19.9. The predicted molar refractivity (Wildman–Crippen MR) is 109 cm³/mol. The highest BCUT2D eigenvalue weighted by molar-refractivity contribution is 5.61. The van der Waals surface area contributed by atoms with Gasteiger partial charge in [0.05, 0.1) is 12.2 Å². The molecule has 0 saturated heterocycles. The van der Waals surface area contributed by atoms with Gasteiger partial charge in [0.25, 0.3) is 0 Å². The zero-order valence-electron chi connectivity index (χ0n) is 16.0. The number of nitrogens with zero attached hydrogens (tertiary/aromatic N) is 3. The summed E-state index contributed by atoms with van der Waals surface area (Å²) in [6.45, 7) is 4.01. The fraction of sp³-hybridized carbons (Fsp3) is 0.391. The zero-order valence-corrected chi connectivity index (χ0v) is 16.0. The third-order valence-electron chi connectivity index (χ3n) is 5.63. The van der Waals surface area contributed by atoms with Crippen LogP contribution in [0.15, 0.2) is 61.1 Å². The molecule has 1 fully saturated rings. The quantitative estimate of drug-likeness (QED) is 0.695. The van der Waals surface area contributed by atoms with Crippen LogP contribution < -0.4 is 5.32 Å². The molecule has 4 heteroatoms. The van der Waals surface area contributed by atoms with Crippen LogP contribution in [0.5, 0.6) is 0 Å². The standard InChI is InChI=1S/C23H28N4/c1-18-8-5-6-12-22(18)25-15-21-17-27(16-19-9-3-2-4-10-19)26-23(21)20-11-7-13-24-14-20/h2-4,7,9-11,13-14,17-18,22,25H,5-6,8,12,15-16H2,1H3. The Bertz CT molecular complexity index is 841. The van der Waals surface area contributed by atoms with Crippen LogP contribution in [0.25, 0.3) is 11.3 Å². The van der Waals surface area contributed by atoms with Gasteiger partial charge < -0.3 is 5.32 Å². The molecule has 2 atom stereocenters. The number of rotatable bonds is 6.